The van der Waals surface area contributed by atoms with Gasteiger partial charge in [0.2, 0.25) is 5.88 Å². The van der Waals surface area contributed by atoms with Crippen molar-refractivity contribution in [1.29, 1.82) is 0 Å². The van der Waals surface area contributed by atoms with Gasteiger partial charge in [-0.2, -0.15) is 0 Å². The summed E-state index contributed by atoms with van der Waals surface area (Å²) in [7, 11) is 0. The van der Waals surface area contributed by atoms with Crippen LogP contribution in [0, 0.1) is 0 Å². The molecule has 0 N–H and O–H groups in total. The van der Waals surface area contributed by atoms with Crippen molar-refractivity contribution in [3.05, 3.63) is 47.6 Å². The normalized spacial score (nSPS) is 13.9. The summed E-state index contributed by atoms with van der Waals surface area (Å²) in [5, 5.41) is 0.559. The lowest BCUT2D eigenvalue weighted by Crippen LogP contribution is -2.57. The van der Waals surface area contributed by atoms with E-state index in [1.54, 1.807) is 29.2 Å². The highest BCUT2D eigenvalue weighted by Gasteiger charge is 2.32. The summed E-state index contributed by atoms with van der Waals surface area (Å²) in [6, 6.07) is 10.6. The van der Waals surface area contributed by atoms with E-state index in [0.29, 0.717) is 36.3 Å². The Balaban J connectivity index is 1.39. The third-order valence-corrected chi connectivity index (χ3v) is 3.91. The first kappa shape index (κ1) is 17.4. The highest BCUT2D eigenvalue weighted by atomic mass is 35.5. The van der Waals surface area contributed by atoms with Crippen LogP contribution in [-0.2, 0) is 4.79 Å². The minimum atomic E-state index is -0.0715. The lowest BCUT2D eigenvalue weighted by Gasteiger charge is -2.38. The quantitative estimate of drug-likeness (QED) is 0.758. The van der Waals surface area contributed by atoms with Gasteiger partial charge < -0.3 is 19.1 Å². The highest BCUT2D eigenvalue weighted by molar-refractivity contribution is 6.30. The fourth-order valence-electron chi connectivity index (χ4n) is 2.35. The fraction of sp³-hybridized carbons (Fsp3) is 0.333. The van der Waals surface area contributed by atoms with E-state index in [9.17, 15) is 4.79 Å². The molecule has 2 heterocycles. The number of halogens is 1. The summed E-state index contributed by atoms with van der Waals surface area (Å²) >= 11 is 5.78. The van der Waals surface area contributed by atoms with E-state index in [2.05, 4.69) is 4.98 Å². The van der Waals surface area contributed by atoms with Gasteiger partial charge in [0, 0.05) is 12.3 Å². The third-order valence-electron chi connectivity index (χ3n) is 3.69. The Morgan fingerprint density at radius 3 is 2.44 bits per heavy atom. The van der Waals surface area contributed by atoms with Gasteiger partial charge >= 0.3 is 0 Å². The molecule has 6 nitrogen and oxygen atoms in total. The molecule has 1 aromatic heterocycles. The van der Waals surface area contributed by atoms with Gasteiger partial charge in [0.1, 0.15) is 17.6 Å². The van der Waals surface area contributed by atoms with Crippen LogP contribution in [0.25, 0.3) is 0 Å². The van der Waals surface area contributed by atoms with Crippen LogP contribution in [0.4, 0.5) is 0 Å². The van der Waals surface area contributed by atoms with Crippen LogP contribution in [-0.4, -0.2) is 48.2 Å². The van der Waals surface area contributed by atoms with Gasteiger partial charge in [0.25, 0.3) is 5.91 Å². The number of likely N-dealkylation sites (tertiary alicyclic amines) is 1. The summed E-state index contributed by atoms with van der Waals surface area (Å²) in [5.74, 6) is 1.85. The molecule has 0 atom stereocenters. The Hall–Kier alpha value is -2.47. The van der Waals surface area contributed by atoms with E-state index in [1.165, 1.54) is 6.20 Å². The van der Waals surface area contributed by atoms with E-state index < -0.39 is 0 Å². The molecule has 1 fully saturated rings. The molecule has 0 aliphatic carbocycles. The van der Waals surface area contributed by atoms with Gasteiger partial charge in [-0.1, -0.05) is 11.6 Å². The molecule has 0 bridgehead atoms. The molecule has 0 unspecified atom stereocenters. The van der Waals surface area contributed by atoms with Crippen molar-refractivity contribution in [2.45, 2.75) is 13.0 Å². The van der Waals surface area contributed by atoms with Crippen LogP contribution in [0.2, 0.25) is 5.02 Å². The molecule has 1 aliphatic heterocycles. The number of benzene rings is 1. The molecule has 3 rings (SSSR count). The minimum Gasteiger partial charge on any atom is -0.494 e. The SMILES string of the molecule is CCOc1ccc(OCC(=O)N2CC(Oc3ccc(Cl)cn3)C2)cc1. The van der Waals surface area contributed by atoms with Crippen molar-refractivity contribution in [3.63, 3.8) is 0 Å². The number of aromatic nitrogens is 1. The third kappa shape index (κ3) is 4.76. The molecular weight excluding hydrogens is 344 g/mol. The first-order valence-corrected chi connectivity index (χ1v) is 8.43. The van der Waals surface area contributed by atoms with Crippen LogP contribution in [0.5, 0.6) is 17.4 Å². The maximum atomic E-state index is 12.1. The Morgan fingerprint density at radius 1 is 1.16 bits per heavy atom. The molecule has 1 saturated heterocycles. The molecular formula is C18H19ClN2O4. The first-order valence-electron chi connectivity index (χ1n) is 8.05. The molecule has 1 aromatic carbocycles. The number of hydrogen-bond donors (Lipinski definition) is 0. The van der Waals surface area contributed by atoms with Gasteiger partial charge in [-0.15, -0.1) is 0 Å². The summed E-state index contributed by atoms with van der Waals surface area (Å²) in [6.07, 6.45) is 1.48. The number of amides is 1. The number of nitrogens with zero attached hydrogens (tertiary/aromatic N) is 2. The van der Waals surface area contributed by atoms with Crippen LogP contribution in [0.15, 0.2) is 42.6 Å². The average Bonchev–Trinajstić information content (AvgIpc) is 2.59. The van der Waals surface area contributed by atoms with E-state index in [-0.39, 0.29) is 18.6 Å². The monoisotopic (exact) mass is 362 g/mol. The number of hydrogen-bond acceptors (Lipinski definition) is 5. The largest absolute Gasteiger partial charge is 0.494 e. The predicted molar refractivity (Wildman–Crippen MR) is 93.3 cm³/mol. The first-order chi connectivity index (χ1) is 12.1. The zero-order valence-corrected chi connectivity index (χ0v) is 14.6. The molecule has 1 amide bonds. The Bertz CT molecular complexity index is 700. The average molecular weight is 363 g/mol. The lowest BCUT2D eigenvalue weighted by molar-refractivity contribution is -0.142. The second-order valence-electron chi connectivity index (χ2n) is 5.55. The maximum absolute atomic E-state index is 12.1. The zero-order valence-electron chi connectivity index (χ0n) is 13.9. The van der Waals surface area contributed by atoms with Crippen molar-refractivity contribution < 1.29 is 19.0 Å². The molecule has 7 heteroatoms. The Morgan fingerprint density at radius 2 is 1.84 bits per heavy atom. The van der Waals surface area contributed by atoms with Gasteiger partial charge in [-0.3, -0.25) is 4.79 Å². The van der Waals surface area contributed by atoms with Crippen LogP contribution in [0.1, 0.15) is 6.92 Å². The molecule has 0 spiro atoms. The summed E-state index contributed by atoms with van der Waals surface area (Å²) in [6.45, 7) is 3.59. The molecule has 0 radical (unpaired) electrons. The fourth-order valence-corrected chi connectivity index (χ4v) is 2.47. The van der Waals surface area contributed by atoms with Crippen molar-refractivity contribution >= 4 is 17.5 Å². The van der Waals surface area contributed by atoms with Crippen LogP contribution >= 0.6 is 11.6 Å². The number of ether oxygens (including phenoxy) is 3. The van der Waals surface area contributed by atoms with Crippen molar-refractivity contribution in [1.82, 2.24) is 9.88 Å². The molecule has 0 saturated carbocycles. The molecule has 132 valence electrons. The Kier molecular flexibility index (Phi) is 5.60. The molecule has 25 heavy (non-hydrogen) atoms. The van der Waals surface area contributed by atoms with E-state index in [0.717, 1.165) is 5.75 Å². The van der Waals surface area contributed by atoms with Crippen LogP contribution in [0.3, 0.4) is 0 Å². The van der Waals surface area contributed by atoms with Gasteiger partial charge in [-0.05, 0) is 37.3 Å². The number of carbonyl (C=O) groups is 1. The highest BCUT2D eigenvalue weighted by Crippen LogP contribution is 2.20. The minimum absolute atomic E-state index is 0.000103. The number of carbonyl (C=O) groups excluding carboxylic acids is 1. The van der Waals surface area contributed by atoms with Crippen molar-refractivity contribution in [2.24, 2.45) is 0 Å². The number of pyridine rings is 1. The van der Waals surface area contributed by atoms with E-state index >= 15 is 0 Å². The molecule has 2 aromatic rings. The van der Waals surface area contributed by atoms with Crippen LogP contribution < -0.4 is 14.2 Å². The topological polar surface area (TPSA) is 60.9 Å². The summed E-state index contributed by atoms with van der Waals surface area (Å²) < 4.78 is 16.5. The smallest absolute Gasteiger partial charge is 0.260 e. The van der Waals surface area contributed by atoms with Gasteiger partial charge in [0.05, 0.1) is 24.7 Å². The summed E-state index contributed by atoms with van der Waals surface area (Å²) in [5.41, 5.74) is 0. The van der Waals surface area contributed by atoms with Crippen molar-refractivity contribution in [2.75, 3.05) is 26.3 Å². The van der Waals surface area contributed by atoms with E-state index in [1.807, 2.05) is 19.1 Å². The lowest BCUT2D eigenvalue weighted by atomic mass is 10.1. The zero-order chi connectivity index (χ0) is 17.6. The number of rotatable bonds is 7. The van der Waals surface area contributed by atoms with E-state index in [4.69, 9.17) is 25.8 Å². The van der Waals surface area contributed by atoms with Gasteiger partial charge in [0.15, 0.2) is 6.61 Å². The van der Waals surface area contributed by atoms with Crippen molar-refractivity contribution in [3.8, 4) is 17.4 Å². The van der Waals surface area contributed by atoms with Gasteiger partial charge in [-0.25, -0.2) is 4.98 Å². The predicted octanol–water partition coefficient (Wildman–Crippen LogP) is 2.80. The standard InChI is InChI=1S/C18H19ClN2O4/c1-2-23-14-4-6-15(7-5-14)24-12-18(22)21-10-16(11-21)25-17-8-3-13(19)9-20-17/h3-9,16H,2,10-12H2,1H3. The second-order valence-corrected chi connectivity index (χ2v) is 5.98. The Labute approximate surface area is 151 Å². The molecule has 1 aliphatic rings. The summed E-state index contributed by atoms with van der Waals surface area (Å²) in [4.78, 5) is 17.9. The second kappa shape index (κ2) is 8.07. The maximum Gasteiger partial charge on any atom is 0.260 e.